The van der Waals surface area contributed by atoms with E-state index in [2.05, 4.69) is 13.8 Å². The third-order valence-corrected chi connectivity index (χ3v) is 2.78. The molecule has 1 aliphatic rings. The van der Waals surface area contributed by atoms with Crippen LogP contribution < -0.4 is 5.73 Å². The zero-order chi connectivity index (χ0) is 12.1. The summed E-state index contributed by atoms with van der Waals surface area (Å²) in [7, 11) is 1.63. The van der Waals surface area contributed by atoms with E-state index in [1.807, 2.05) is 4.90 Å². The summed E-state index contributed by atoms with van der Waals surface area (Å²) in [6, 6.07) is 0.0443. The standard InChI is InChI=1S/C12H24N2O2/c1-9(2)8-14(10-4-5-10)12(15)11(13)6-7-16-3/h9-11H,4-8,13H2,1-3H3. The summed E-state index contributed by atoms with van der Waals surface area (Å²) in [6.45, 7) is 5.63. The van der Waals surface area contributed by atoms with Crippen LogP contribution in [0.3, 0.4) is 0 Å². The van der Waals surface area contributed by atoms with Crippen LogP contribution >= 0.6 is 0 Å². The van der Waals surface area contributed by atoms with Crippen LogP contribution in [0, 0.1) is 5.92 Å². The molecular formula is C12H24N2O2. The predicted molar refractivity (Wildman–Crippen MR) is 64.0 cm³/mol. The molecule has 1 atom stereocenters. The van der Waals surface area contributed by atoms with Crippen LogP contribution in [0.5, 0.6) is 0 Å². The molecule has 0 heterocycles. The quantitative estimate of drug-likeness (QED) is 0.707. The second kappa shape index (κ2) is 6.21. The molecule has 1 amide bonds. The van der Waals surface area contributed by atoms with E-state index in [1.54, 1.807) is 7.11 Å². The lowest BCUT2D eigenvalue weighted by molar-refractivity contribution is -0.134. The van der Waals surface area contributed by atoms with E-state index in [9.17, 15) is 4.79 Å². The van der Waals surface area contributed by atoms with Gasteiger partial charge in [-0.2, -0.15) is 0 Å². The fourth-order valence-corrected chi connectivity index (χ4v) is 1.78. The zero-order valence-corrected chi connectivity index (χ0v) is 10.6. The second-order valence-electron chi connectivity index (χ2n) is 5.00. The van der Waals surface area contributed by atoms with Gasteiger partial charge in [-0.15, -0.1) is 0 Å². The molecule has 1 saturated carbocycles. The van der Waals surface area contributed by atoms with E-state index in [0.717, 1.165) is 19.4 Å². The summed E-state index contributed by atoms with van der Waals surface area (Å²) in [5, 5.41) is 0. The third kappa shape index (κ3) is 4.10. The summed E-state index contributed by atoms with van der Waals surface area (Å²) < 4.78 is 4.95. The molecule has 0 aromatic rings. The van der Waals surface area contributed by atoms with Crippen LogP contribution in [0.25, 0.3) is 0 Å². The highest BCUT2D eigenvalue weighted by atomic mass is 16.5. The van der Waals surface area contributed by atoms with Gasteiger partial charge in [0.1, 0.15) is 0 Å². The number of ether oxygens (including phenoxy) is 1. The van der Waals surface area contributed by atoms with Gasteiger partial charge in [0, 0.05) is 26.3 Å². The Morgan fingerprint density at radius 3 is 2.56 bits per heavy atom. The van der Waals surface area contributed by atoms with Gasteiger partial charge in [-0.3, -0.25) is 4.79 Å². The van der Waals surface area contributed by atoms with Crippen molar-refractivity contribution in [2.24, 2.45) is 11.7 Å². The Labute approximate surface area is 98.1 Å². The molecule has 1 unspecified atom stereocenters. The molecule has 0 bridgehead atoms. The average Bonchev–Trinajstić information content (AvgIpc) is 3.05. The first-order chi connectivity index (χ1) is 7.56. The summed E-state index contributed by atoms with van der Waals surface area (Å²) in [6.07, 6.45) is 2.88. The van der Waals surface area contributed by atoms with Gasteiger partial charge in [-0.1, -0.05) is 13.8 Å². The lowest BCUT2D eigenvalue weighted by Crippen LogP contribution is -2.46. The summed E-state index contributed by atoms with van der Waals surface area (Å²) in [5.74, 6) is 0.590. The highest BCUT2D eigenvalue weighted by Crippen LogP contribution is 2.28. The fraction of sp³-hybridized carbons (Fsp3) is 0.917. The lowest BCUT2D eigenvalue weighted by atomic mass is 10.1. The Kier molecular flexibility index (Phi) is 5.22. The average molecular weight is 228 g/mol. The smallest absolute Gasteiger partial charge is 0.239 e. The maximum Gasteiger partial charge on any atom is 0.239 e. The number of carbonyl (C=O) groups is 1. The Balaban J connectivity index is 2.46. The molecule has 1 rings (SSSR count). The SMILES string of the molecule is COCCC(N)C(=O)N(CC(C)C)C1CC1. The molecule has 0 spiro atoms. The van der Waals surface area contributed by atoms with E-state index < -0.39 is 6.04 Å². The Morgan fingerprint density at radius 1 is 1.50 bits per heavy atom. The minimum atomic E-state index is -0.403. The minimum Gasteiger partial charge on any atom is -0.385 e. The number of methoxy groups -OCH3 is 1. The Morgan fingerprint density at radius 2 is 2.12 bits per heavy atom. The van der Waals surface area contributed by atoms with Crippen LogP contribution in [-0.4, -0.2) is 43.2 Å². The topological polar surface area (TPSA) is 55.6 Å². The maximum absolute atomic E-state index is 12.1. The maximum atomic E-state index is 12.1. The molecule has 2 N–H and O–H groups in total. The number of carbonyl (C=O) groups excluding carboxylic acids is 1. The molecule has 1 fully saturated rings. The van der Waals surface area contributed by atoms with Gasteiger partial charge in [-0.05, 0) is 25.2 Å². The molecule has 0 aromatic heterocycles. The van der Waals surface area contributed by atoms with Crippen molar-refractivity contribution in [3.63, 3.8) is 0 Å². The Hall–Kier alpha value is -0.610. The number of amides is 1. The second-order valence-corrected chi connectivity index (χ2v) is 5.00. The number of hydrogen-bond donors (Lipinski definition) is 1. The van der Waals surface area contributed by atoms with E-state index in [-0.39, 0.29) is 5.91 Å². The van der Waals surface area contributed by atoms with Crippen molar-refractivity contribution in [2.45, 2.75) is 45.2 Å². The molecule has 0 aliphatic heterocycles. The largest absolute Gasteiger partial charge is 0.385 e. The van der Waals surface area contributed by atoms with Gasteiger partial charge < -0.3 is 15.4 Å². The summed E-state index contributed by atoms with van der Waals surface area (Å²) in [5.41, 5.74) is 5.87. The monoisotopic (exact) mass is 228 g/mol. The highest BCUT2D eigenvalue weighted by molar-refractivity contribution is 5.82. The number of nitrogens with two attached hydrogens (primary N) is 1. The highest BCUT2D eigenvalue weighted by Gasteiger charge is 2.34. The van der Waals surface area contributed by atoms with Crippen LogP contribution in [0.15, 0.2) is 0 Å². The minimum absolute atomic E-state index is 0.0910. The van der Waals surface area contributed by atoms with Crippen LogP contribution in [0.4, 0.5) is 0 Å². The van der Waals surface area contributed by atoms with Crippen molar-refractivity contribution >= 4 is 5.91 Å². The molecule has 4 heteroatoms. The van der Waals surface area contributed by atoms with Crippen LogP contribution in [0.1, 0.15) is 33.1 Å². The molecule has 16 heavy (non-hydrogen) atoms. The van der Waals surface area contributed by atoms with Gasteiger partial charge in [0.2, 0.25) is 5.91 Å². The summed E-state index contributed by atoms with van der Waals surface area (Å²) in [4.78, 5) is 14.1. The molecule has 94 valence electrons. The Bertz CT molecular complexity index is 227. The molecule has 0 aromatic carbocycles. The molecule has 0 saturated heterocycles. The van der Waals surface area contributed by atoms with E-state index in [4.69, 9.17) is 10.5 Å². The van der Waals surface area contributed by atoms with Crippen LogP contribution in [-0.2, 0) is 9.53 Å². The van der Waals surface area contributed by atoms with Crippen molar-refractivity contribution in [1.29, 1.82) is 0 Å². The summed E-state index contributed by atoms with van der Waals surface area (Å²) >= 11 is 0. The van der Waals surface area contributed by atoms with Crippen molar-refractivity contribution in [1.82, 2.24) is 4.90 Å². The lowest BCUT2D eigenvalue weighted by Gasteiger charge is -2.27. The fourth-order valence-electron chi connectivity index (χ4n) is 1.78. The van der Waals surface area contributed by atoms with Crippen LogP contribution in [0.2, 0.25) is 0 Å². The van der Waals surface area contributed by atoms with Crippen molar-refractivity contribution in [3.8, 4) is 0 Å². The van der Waals surface area contributed by atoms with Gasteiger partial charge >= 0.3 is 0 Å². The van der Waals surface area contributed by atoms with Gasteiger partial charge in [-0.25, -0.2) is 0 Å². The molecule has 1 aliphatic carbocycles. The first-order valence-corrected chi connectivity index (χ1v) is 6.11. The molecular weight excluding hydrogens is 204 g/mol. The zero-order valence-electron chi connectivity index (χ0n) is 10.6. The first kappa shape index (κ1) is 13.5. The van der Waals surface area contributed by atoms with Gasteiger partial charge in [0.25, 0.3) is 0 Å². The van der Waals surface area contributed by atoms with Crippen molar-refractivity contribution in [2.75, 3.05) is 20.3 Å². The van der Waals surface area contributed by atoms with Crippen molar-refractivity contribution < 1.29 is 9.53 Å². The normalized spacial score (nSPS) is 17.6. The van der Waals surface area contributed by atoms with E-state index in [1.165, 1.54) is 0 Å². The van der Waals surface area contributed by atoms with Crippen molar-refractivity contribution in [3.05, 3.63) is 0 Å². The number of nitrogens with zero attached hydrogens (tertiary/aromatic N) is 1. The molecule has 4 nitrogen and oxygen atoms in total. The third-order valence-electron chi connectivity index (χ3n) is 2.78. The van der Waals surface area contributed by atoms with E-state index in [0.29, 0.717) is 25.0 Å². The number of rotatable bonds is 7. The predicted octanol–water partition coefficient (Wildman–Crippen LogP) is 0.997. The van der Waals surface area contributed by atoms with Gasteiger partial charge in [0.15, 0.2) is 0 Å². The number of hydrogen-bond acceptors (Lipinski definition) is 3. The first-order valence-electron chi connectivity index (χ1n) is 6.11. The molecule has 0 radical (unpaired) electrons. The van der Waals surface area contributed by atoms with Gasteiger partial charge in [0.05, 0.1) is 6.04 Å². The van der Waals surface area contributed by atoms with E-state index >= 15 is 0 Å².